The average Bonchev–Trinajstić information content (AvgIpc) is 2.44. The maximum Gasteiger partial charge on any atom is 0.191 e. The first-order valence-corrected chi connectivity index (χ1v) is 9.71. The molecule has 0 amide bonds. The van der Waals surface area contributed by atoms with Gasteiger partial charge in [-0.05, 0) is 38.0 Å². The van der Waals surface area contributed by atoms with Crippen molar-refractivity contribution in [3.8, 4) is 0 Å². The van der Waals surface area contributed by atoms with Crippen LogP contribution in [0.25, 0.3) is 0 Å². The molecule has 0 aromatic heterocycles. The molecule has 124 valence electrons. The van der Waals surface area contributed by atoms with Crippen molar-refractivity contribution in [1.82, 2.24) is 10.6 Å². The van der Waals surface area contributed by atoms with Gasteiger partial charge in [0, 0.05) is 23.9 Å². The molecule has 5 nitrogen and oxygen atoms in total. The molecule has 7 heteroatoms. The highest BCUT2D eigenvalue weighted by molar-refractivity contribution is 7.90. The molecule has 1 unspecified atom stereocenters. The van der Waals surface area contributed by atoms with Crippen LogP contribution < -0.4 is 10.6 Å². The number of benzene rings is 1. The lowest BCUT2D eigenvalue weighted by Gasteiger charge is -2.17. The summed E-state index contributed by atoms with van der Waals surface area (Å²) in [5, 5.41) is 7.08. The second-order valence-corrected chi connectivity index (χ2v) is 7.98. The first kappa shape index (κ1) is 18.8. The molecule has 0 bridgehead atoms. The maximum atomic E-state index is 11.2. The van der Waals surface area contributed by atoms with Gasteiger partial charge in [0.15, 0.2) is 5.96 Å². The van der Waals surface area contributed by atoms with E-state index in [2.05, 4.69) is 15.6 Å². The first-order valence-electron chi connectivity index (χ1n) is 7.27. The molecule has 0 fully saturated rings. The van der Waals surface area contributed by atoms with Gasteiger partial charge in [-0.15, -0.1) is 0 Å². The van der Waals surface area contributed by atoms with E-state index < -0.39 is 9.84 Å². The fraction of sp³-hybridized carbons (Fsp3) is 0.533. The lowest BCUT2D eigenvalue weighted by molar-refractivity contribution is 0.581. The van der Waals surface area contributed by atoms with Crippen LogP contribution in [-0.2, 0) is 16.4 Å². The number of hydrogen-bond acceptors (Lipinski definition) is 3. The number of aliphatic imine (C=N–C) groups is 1. The quantitative estimate of drug-likeness (QED) is 0.587. The van der Waals surface area contributed by atoms with Gasteiger partial charge in [-0.2, -0.15) is 0 Å². The van der Waals surface area contributed by atoms with Crippen LogP contribution in [0.5, 0.6) is 0 Å². The second-order valence-electron chi connectivity index (χ2n) is 5.29. The molecule has 0 spiro atoms. The van der Waals surface area contributed by atoms with E-state index in [0.717, 1.165) is 12.1 Å². The summed E-state index contributed by atoms with van der Waals surface area (Å²) in [5.41, 5.74) is 1.06. The van der Waals surface area contributed by atoms with E-state index >= 15 is 0 Å². The van der Waals surface area contributed by atoms with Crippen LogP contribution in [0.15, 0.2) is 29.3 Å². The standard InChI is InChI=1S/C15H24ClN3O2S/c1-4-17-15(19-12(2)9-10-22(3,20)21)18-11-13-5-7-14(16)8-6-13/h5-8,12H,4,9-11H2,1-3H3,(H2,17,18,19). The largest absolute Gasteiger partial charge is 0.357 e. The van der Waals surface area contributed by atoms with Crippen LogP contribution in [-0.4, -0.2) is 39.0 Å². The SMILES string of the molecule is CCNC(=NCc1ccc(Cl)cc1)NC(C)CCS(C)(=O)=O. The predicted octanol–water partition coefficient (Wildman–Crippen LogP) is 2.22. The molecule has 0 saturated carbocycles. The molecular weight excluding hydrogens is 322 g/mol. The number of sulfone groups is 1. The molecule has 0 aliphatic carbocycles. The van der Waals surface area contributed by atoms with Gasteiger partial charge in [0.1, 0.15) is 9.84 Å². The van der Waals surface area contributed by atoms with E-state index in [1.807, 2.05) is 38.1 Å². The third-order valence-electron chi connectivity index (χ3n) is 2.98. The molecule has 1 aromatic carbocycles. The Hall–Kier alpha value is -1.27. The van der Waals surface area contributed by atoms with Crippen LogP contribution in [0, 0.1) is 0 Å². The second kappa shape index (κ2) is 9.00. The number of hydrogen-bond donors (Lipinski definition) is 2. The third-order valence-corrected chi connectivity index (χ3v) is 4.21. The fourth-order valence-corrected chi connectivity index (χ4v) is 2.68. The minimum Gasteiger partial charge on any atom is -0.357 e. The predicted molar refractivity (Wildman–Crippen MR) is 93.2 cm³/mol. The van der Waals surface area contributed by atoms with Gasteiger partial charge in [0.25, 0.3) is 0 Å². The van der Waals surface area contributed by atoms with Gasteiger partial charge in [0.05, 0.1) is 12.3 Å². The van der Waals surface area contributed by atoms with Crippen molar-refractivity contribution in [2.75, 3.05) is 18.6 Å². The molecule has 1 rings (SSSR count). The highest BCUT2D eigenvalue weighted by Gasteiger charge is 2.09. The summed E-state index contributed by atoms with van der Waals surface area (Å²) in [5.74, 6) is 0.844. The maximum absolute atomic E-state index is 11.2. The summed E-state index contributed by atoms with van der Waals surface area (Å²) in [6, 6.07) is 7.56. The van der Waals surface area contributed by atoms with Crippen molar-refractivity contribution in [2.24, 2.45) is 4.99 Å². The lowest BCUT2D eigenvalue weighted by Crippen LogP contribution is -2.42. The molecule has 1 aromatic rings. The number of nitrogens with one attached hydrogen (secondary N) is 2. The van der Waals surface area contributed by atoms with E-state index in [4.69, 9.17) is 11.6 Å². The molecule has 0 aliphatic rings. The van der Waals surface area contributed by atoms with Crippen LogP contribution in [0.2, 0.25) is 5.02 Å². The first-order chi connectivity index (χ1) is 10.3. The molecule has 1 atom stereocenters. The zero-order valence-corrected chi connectivity index (χ0v) is 14.8. The van der Waals surface area contributed by atoms with Crippen molar-refractivity contribution in [3.63, 3.8) is 0 Å². The Morgan fingerprint density at radius 3 is 2.50 bits per heavy atom. The Bertz CT molecular complexity index is 585. The smallest absolute Gasteiger partial charge is 0.191 e. The van der Waals surface area contributed by atoms with Crippen molar-refractivity contribution in [1.29, 1.82) is 0 Å². The summed E-state index contributed by atoms with van der Waals surface area (Å²) in [7, 11) is -2.94. The molecular formula is C15H24ClN3O2S. The van der Waals surface area contributed by atoms with Gasteiger partial charge >= 0.3 is 0 Å². The zero-order chi connectivity index (χ0) is 16.6. The molecule has 22 heavy (non-hydrogen) atoms. The van der Waals surface area contributed by atoms with E-state index in [1.165, 1.54) is 6.26 Å². The fourth-order valence-electron chi connectivity index (χ4n) is 1.78. The van der Waals surface area contributed by atoms with Crippen molar-refractivity contribution in [2.45, 2.75) is 32.9 Å². The van der Waals surface area contributed by atoms with E-state index in [0.29, 0.717) is 23.9 Å². The monoisotopic (exact) mass is 345 g/mol. The summed E-state index contributed by atoms with van der Waals surface area (Å²) in [6.45, 7) is 5.21. The Balaban J connectivity index is 2.59. The minimum atomic E-state index is -2.94. The molecule has 0 aliphatic heterocycles. The summed E-state index contributed by atoms with van der Waals surface area (Å²) < 4.78 is 22.4. The van der Waals surface area contributed by atoms with Crippen LogP contribution in [0.1, 0.15) is 25.8 Å². The zero-order valence-electron chi connectivity index (χ0n) is 13.3. The normalized spacial score (nSPS) is 13.7. The van der Waals surface area contributed by atoms with Gasteiger partial charge in [-0.3, -0.25) is 0 Å². The van der Waals surface area contributed by atoms with Crippen LogP contribution in [0.3, 0.4) is 0 Å². The Morgan fingerprint density at radius 1 is 1.32 bits per heavy atom. The van der Waals surface area contributed by atoms with Gasteiger partial charge in [0.2, 0.25) is 0 Å². The average molecular weight is 346 g/mol. The number of rotatable bonds is 7. The minimum absolute atomic E-state index is 0.0257. The van der Waals surface area contributed by atoms with Crippen molar-refractivity contribution >= 4 is 27.4 Å². The van der Waals surface area contributed by atoms with Gasteiger partial charge in [-0.25, -0.2) is 13.4 Å². The molecule has 0 saturated heterocycles. The van der Waals surface area contributed by atoms with Crippen molar-refractivity contribution < 1.29 is 8.42 Å². The van der Waals surface area contributed by atoms with Crippen LogP contribution >= 0.6 is 11.6 Å². The highest BCUT2D eigenvalue weighted by atomic mass is 35.5. The molecule has 0 radical (unpaired) electrons. The number of guanidine groups is 1. The molecule has 2 N–H and O–H groups in total. The van der Waals surface area contributed by atoms with Crippen LogP contribution in [0.4, 0.5) is 0 Å². The third kappa shape index (κ3) is 8.24. The lowest BCUT2D eigenvalue weighted by atomic mass is 10.2. The number of halogens is 1. The highest BCUT2D eigenvalue weighted by Crippen LogP contribution is 2.10. The Labute approximate surface area is 138 Å². The summed E-state index contributed by atoms with van der Waals surface area (Å²) >= 11 is 5.85. The molecule has 0 heterocycles. The Kier molecular flexibility index (Phi) is 7.68. The Morgan fingerprint density at radius 2 is 1.95 bits per heavy atom. The van der Waals surface area contributed by atoms with Gasteiger partial charge in [-0.1, -0.05) is 23.7 Å². The summed E-state index contributed by atoms with van der Waals surface area (Å²) in [6.07, 6.45) is 1.80. The van der Waals surface area contributed by atoms with E-state index in [9.17, 15) is 8.42 Å². The topological polar surface area (TPSA) is 70.6 Å². The summed E-state index contributed by atoms with van der Waals surface area (Å²) in [4.78, 5) is 4.50. The van der Waals surface area contributed by atoms with Crippen molar-refractivity contribution in [3.05, 3.63) is 34.9 Å². The van der Waals surface area contributed by atoms with E-state index in [1.54, 1.807) is 0 Å². The van der Waals surface area contributed by atoms with E-state index in [-0.39, 0.29) is 11.8 Å². The van der Waals surface area contributed by atoms with Gasteiger partial charge < -0.3 is 10.6 Å². The number of nitrogens with zero attached hydrogens (tertiary/aromatic N) is 1.